The quantitative estimate of drug-likeness (QED) is 0.920. The molecule has 3 unspecified atom stereocenters. The van der Waals surface area contributed by atoms with Crippen molar-refractivity contribution >= 4 is 11.6 Å². The van der Waals surface area contributed by atoms with Crippen molar-refractivity contribution in [3.8, 4) is 0 Å². The minimum Gasteiger partial charge on any atom is -0.369 e. The molecule has 4 heteroatoms. The molecule has 108 valence electrons. The monoisotopic (exact) mass is 276 g/mol. The van der Waals surface area contributed by atoms with Crippen molar-refractivity contribution in [2.45, 2.75) is 32.2 Å². The number of amides is 1. The molecule has 0 bridgehead atoms. The fourth-order valence-corrected chi connectivity index (χ4v) is 3.00. The van der Waals surface area contributed by atoms with Crippen molar-refractivity contribution < 1.29 is 9.18 Å². The molecule has 1 aliphatic carbocycles. The Morgan fingerprint density at radius 1 is 1.45 bits per heavy atom. The van der Waals surface area contributed by atoms with Gasteiger partial charge in [0, 0.05) is 30.7 Å². The van der Waals surface area contributed by atoms with Gasteiger partial charge in [-0.05, 0) is 43.4 Å². The van der Waals surface area contributed by atoms with Crippen LogP contribution in [0.5, 0.6) is 0 Å². The summed E-state index contributed by atoms with van der Waals surface area (Å²) < 4.78 is 13.3. The summed E-state index contributed by atoms with van der Waals surface area (Å²) in [5, 5.41) is 3.15. The molecule has 1 aliphatic heterocycles. The Labute approximate surface area is 119 Å². The number of halogens is 1. The summed E-state index contributed by atoms with van der Waals surface area (Å²) in [6.45, 7) is 3.82. The Morgan fingerprint density at radius 3 is 2.95 bits per heavy atom. The molecule has 0 aromatic heterocycles. The van der Waals surface area contributed by atoms with E-state index in [0.29, 0.717) is 5.92 Å². The van der Waals surface area contributed by atoms with E-state index < -0.39 is 0 Å². The van der Waals surface area contributed by atoms with Crippen LogP contribution >= 0.6 is 0 Å². The highest BCUT2D eigenvalue weighted by atomic mass is 19.1. The van der Waals surface area contributed by atoms with Gasteiger partial charge in [0.1, 0.15) is 5.82 Å². The maximum absolute atomic E-state index is 13.3. The molecule has 1 aromatic carbocycles. The lowest BCUT2D eigenvalue weighted by molar-refractivity contribution is -0.123. The Bertz CT molecular complexity index is 505. The second-order valence-corrected chi connectivity index (χ2v) is 6.09. The first-order valence-electron chi connectivity index (χ1n) is 7.44. The predicted octanol–water partition coefficient (Wildman–Crippen LogP) is 2.57. The lowest BCUT2D eigenvalue weighted by atomic mass is 10.0. The normalized spacial score (nSPS) is 29.1. The molecule has 1 N–H and O–H groups in total. The molecule has 1 amide bonds. The summed E-state index contributed by atoms with van der Waals surface area (Å²) in [4.78, 5) is 14.2. The molecule has 0 spiro atoms. The molecular weight excluding hydrogens is 255 g/mol. The Morgan fingerprint density at radius 2 is 2.25 bits per heavy atom. The van der Waals surface area contributed by atoms with E-state index in [1.807, 2.05) is 6.07 Å². The van der Waals surface area contributed by atoms with E-state index in [1.54, 1.807) is 12.1 Å². The molecule has 1 saturated heterocycles. The molecule has 3 atom stereocenters. The zero-order valence-electron chi connectivity index (χ0n) is 11.8. The summed E-state index contributed by atoms with van der Waals surface area (Å²) in [7, 11) is 0. The minimum atomic E-state index is -0.208. The van der Waals surface area contributed by atoms with Gasteiger partial charge >= 0.3 is 0 Å². The number of hydrogen-bond donors (Lipinski definition) is 1. The first-order valence-corrected chi connectivity index (χ1v) is 7.44. The fraction of sp³-hybridized carbons (Fsp3) is 0.562. The maximum Gasteiger partial charge on any atom is 0.223 e. The molecule has 3 nitrogen and oxygen atoms in total. The second-order valence-electron chi connectivity index (χ2n) is 6.09. The van der Waals surface area contributed by atoms with Crippen molar-refractivity contribution in [3.63, 3.8) is 0 Å². The number of nitrogens with zero attached hydrogens (tertiary/aromatic N) is 1. The van der Waals surface area contributed by atoms with E-state index in [-0.39, 0.29) is 23.7 Å². The summed E-state index contributed by atoms with van der Waals surface area (Å²) in [6.07, 6.45) is 3.06. The largest absolute Gasteiger partial charge is 0.369 e. The third kappa shape index (κ3) is 2.94. The number of hydrogen-bond acceptors (Lipinski definition) is 2. The fourth-order valence-electron chi connectivity index (χ4n) is 3.00. The van der Waals surface area contributed by atoms with E-state index in [1.165, 1.54) is 6.07 Å². The van der Waals surface area contributed by atoms with E-state index in [2.05, 4.69) is 17.1 Å². The van der Waals surface area contributed by atoms with Crippen LogP contribution in [0, 0.1) is 17.7 Å². The van der Waals surface area contributed by atoms with Gasteiger partial charge in [0.05, 0.1) is 0 Å². The molecule has 1 saturated carbocycles. The van der Waals surface area contributed by atoms with Gasteiger partial charge in [-0.2, -0.15) is 0 Å². The van der Waals surface area contributed by atoms with Gasteiger partial charge < -0.3 is 10.2 Å². The lowest BCUT2D eigenvalue weighted by Gasteiger charge is -2.34. The van der Waals surface area contributed by atoms with Gasteiger partial charge in [0.15, 0.2) is 0 Å². The third-order valence-electron chi connectivity index (χ3n) is 4.39. The highest BCUT2D eigenvalue weighted by Crippen LogP contribution is 2.37. The molecule has 20 heavy (non-hydrogen) atoms. The van der Waals surface area contributed by atoms with Crippen LogP contribution in [0.15, 0.2) is 24.3 Å². The van der Waals surface area contributed by atoms with Crippen LogP contribution in [0.2, 0.25) is 0 Å². The first-order chi connectivity index (χ1) is 9.63. The van der Waals surface area contributed by atoms with Gasteiger partial charge in [0.2, 0.25) is 5.91 Å². The lowest BCUT2D eigenvalue weighted by Crippen LogP contribution is -2.48. The zero-order chi connectivity index (χ0) is 14.1. The van der Waals surface area contributed by atoms with Crippen molar-refractivity contribution in [1.29, 1.82) is 0 Å². The van der Waals surface area contributed by atoms with Crippen molar-refractivity contribution in [1.82, 2.24) is 5.32 Å². The van der Waals surface area contributed by atoms with Crippen molar-refractivity contribution in [2.24, 2.45) is 11.8 Å². The van der Waals surface area contributed by atoms with E-state index in [9.17, 15) is 9.18 Å². The Balaban J connectivity index is 1.60. The van der Waals surface area contributed by atoms with Crippen LogP contribution in [0.25, 0.3) is 0 Å². The number of anilines is 1. The van der Waals surface area contributed by atoms with Crippen LogP contribution in [0.1, 0.15) is 26.2 Å². The van der Waals surface area contributed by atoms with Gasteiger partial charge in [-0.15, -0.1) is 0 Å². The number of piperidine rings is 1. The molecule has 2 fully saturated rings. The summed E-state index contributed by atoms with van der Waals surface area (Å²) in [5.41, 5.74) is 0.906. The topological polar surface area (TPSA) is 32.3 Å². The molecule has 1 aromatic rings. The SMILES string of the molecule is CC1CC1C(=O)NC1CCCN(c2cccc(F)c2)C1. The summed E-state index contributed by atoms with van der Waals surface area (Å²) in [6, 6.07) is 6.87. The third-order valence-corrected chi connectivity index (χ3v) is 4.39. The number of benzene rings is 1. The average Bonchev–Trinajstić information content (AvgIpc) is 3.16. The average molecular weight is 276 g/mol. The predicted molar refractivity (Wildman–Crippen MR) is 77.0 cm³/mol. The van der Waals surface area contributed by atoms with Crippen LogP contribution in [0.4, 0.5) is 10.1 Å². The Kier molecular flexibility index (Phi) is 3.64. The van der Waals surface area contributed by atoms with E-state index >= 15 is 0 Å². The standard InChI is InChI=1S/C16H21FN2O/c1-11-8-15(11)16(20)18-13-5-3-7-19(10-13)14-6-2-4-12(17)9-14/h2,4,6,9,11,13,15H,3,5,7-8,10H2,1H3,(H,18,20). The van der Waals surface area contributed by atoms with E-state index in [0.717, 1.165) is 38.0 Å². The van der Waals surface area contributed by atoms with Crippen molar-refractivity contribution in [2.75, 3.05) is 18.0 Å². The summed E-state index contributed by atoms with van der Waals surface area (Å²) >= 11 is 0. The van der Waals surface area contributed by atoms with Crippen molar-refractivity contribution in [3.05, 3.63) is 30.1 Å². The van der Waals surface area contributed by atoms with Gasteiger partial charge in [-0.25, -0.2) is 4.39 Å². The number of carbonyl (C=O) groups is 1. The number of nitrogens with one attached hydrogen (secondary N) is 1. The van der Waals surface area contributed by atoms with Crippen LogP contribution in [-0.2, 0) is 4.79 Å². The number of rotatable bonds is 3. The van der Waals surface area contributed by atoms with E-state index in [4.69, 9.17) is 0 Å². The molecule has 3 rings (SSSR count). The highest BCUT2D eigenvalue weighted by molar-refractivity contribution is 5.81. The smallest absolute Gasteiger partial charge is 0.223 e. The van der Waals surface area contributed by atoms with Gasteiger partial charge in [-0.3, -0.25) is 4.79 Å². The first kappa shape index (κ1) is 13.4. The summed E-state index contributed by atoms with van der Waals surface area (Å²) in [5.74, 6) is 0.751. The second kappa shape index (κ2) is 5.43. The Hall–Kier alpha value is -1.58. The molecule has 0 radical (unpaired) electrons. The number of carbonyl (C=O) groups excluding carboxylic acids is 1. The van der Waals surface area contributed by atoms with Gasteiger partial charge in [0.25, 0.3) is 0 Å². The van der Waals surface area contributed by atoms with Crippen LogP contribution in [0.3, 0.4) is 0 Å². The zero-order valence-corrected chi connectivity index (χ0v) is 11.8. The highest BCUT2D eigenvalue weighted by Gasteiger charge is 2.40. The van der Waals surface area contributed by atoms with Crippen LogP contribution < -0.4 is 10.2 Å². The molecular formula is C16H21FN2O. The molecule has 2 aliphatic rings. The molecule has 1 heterocycles. The minimum absolute atomic E-state index is 0.187. The van der Waals surface area contributed by atoms with Crippen LogP contribution in [-0.4, -0.2) is 25.0 Å². The van der Waals surface area contributed by atoms with Gasteiger partial charge in [-0.1, -0.05) is 13.0 Å². The maximum atomic E-state index is 13.3.